The number of hydrogen-bond donors (Lipinski definition) is 2. The highest BCUT2D eigenvalue weighted by Gasteiger charge is 2.06. The normalized spacial score (nSPS) is 10.6. The molecule has 0 amide bonds. The van der Waals surface area contributed by atoms with Crippen LogP contribution in [0.2, 0.25) is 0 Å². The number of benzene rings is 1. The van der Waals surface area contributed by atoms with Crippen molar-refractivity contribution in [3.05, 3.63) is 46.8 Å². The molecule has 2 rings (SSSR count). The summed E-state index contributed by atoms with van der Waals surface area (Å²) in [6.45, 7) is 4.20. The number of aryl methyl sites for hydroxylation is 2. The fraction of sp³-hybridized carbons (Fsp3) is 0.250. The molecule has 0 saturated carbocycles. The standard InChI is InChI=1S/C12H13F2N3/c1-7-12(8(2)17-16-7)15-6-9-3-4-10(13)11(14)5-9/h3-5,15H,6H2,1-2H3,(H,16,17). The van der Waals surface area contributed by atoms with E-state index in [4.69, 9.17) is 0 Å². The Balaban J connectivity index is 2.10. The van der Waals surface area contributed by atoms with Gasteiger partial charge in [-0.15, -0.1) is 0 Å². The molecule has 2 aromatic rings. The van der Waals surface area contributed by atoms with E-state index in [1.165, 1.54) is 6.07 Å². The fourth-order valence-corrected chi connectivity index (χ4v) is 1.65. The van der Waals surface area contributed by atoms with Gasteiger partial charge in [0.25, 0.3) is 0 Å². The first-order chi connectivity index (χ1) is 8.08. The van der Waals surface area contributed by atoms with Gasteiger partial charge in [0.15, 0.2) is 11.6 Å². The number of H-pyrrole nitrogens is 1. The van der Waals surface area contributed by atoms with E-state index in [1.807, 2.05) is 13.8 Å². The maximum Gasteiger partial charge on any atom is 0.159 e. The molecular formula is C12H13F2N3. The summed E-state index contributed by atoms with van der Waals surface area (Å²) < 4.78 is 25.7. The molecular weight excluding hydrogens is 224 g/mol. The minimum Gasteiger partial charge on any atom is -0.378 e. The smallest absolute Gasteiger partial charge is 0.159 e. The van der Waals surface area contributed by atoms with Crippen molar-refractivity contribution >= 4 is 5.69 Å². The van der Waals surface area contributed by atoms with Gasteiger partial charge in [-0.05, 0) is 31.5 Å². The number of nitrogens with zero attached hydrogens (tertiary/aromatic N) is 1. The van der Waals surface area contributed by atoms with E-state index in [9.17, 15) is 8.78 Å². The highest BCUT2D eigenvalue weighted by atomic mass is 19.2. The summed E-state index contributed by atoms with van der Waals surface area (Å²) in [6, 6.07) is 3.87. The lowest BCUT2D eigenvalue weighted by molar-refractivity contribution is 0.507. The third kappa shape index (κ3) is 2.43. The van der Waals surface area contributed by atoms with Crippen LogP contribution in [0.15, 0.2) is 18.2 Å². The van der Waals surface area contributed by atoms with E-state index in [1.54, 1.807) is 6.07 Å². The number of rotatable bonds is 3. The van der Waals surface area contributed by atoms with E-state index in [2.05, 4.69) is 15.5 Å². The first kappa shape index (κ1) is 11.6. The Hall–Kier alpha value is -1.91. The van der Waals surface area contributed by atoms with Crippen molar-refractivity contribution < 1.29 is 8.78 Å². The van der Waals surface area contributed by atoms with Crippen molar-refractivity contribution in [2.24, 2.45) is 0 Å². The first-order valence-electron chi connectivity index (χ1n) is 5.27. The van der Waals surface area contributed by atoms with Crippen LogP contribution in [0.5, 0.6) is 0 Å². The van der Waals surface area contributed by atoms with Gasteiger partial charge in [-0.25, -0.2) is 8.78 Å². The zero-order valence-corrected chi connectivity index (χ0v) is 9.64. The Labute approximate surface area is 97.9 Å². The molecule has 1 aromatic heterocycles. The Morgan fingerprint density at radius 2 is 2.00 bits per heavy atom. The van der Waals surface area contributed by atoms with Crippen LogP contribution in [-0.4, -0.2) is 10.2 Å². The number of halogens is 2. The van der Waals surface area contributed by atoms with E-state index >= 15 is 0 Å². The molecule has 5 heteroatoms. The summed E-state index contributed by atoms with van der Waals surface area (Å²) in [6.07, 6.45) is 0. The van der Waals surface area contributed by atoms with Crippen LogP contribution in [0.4, 0.5) is 14.5 Å². The second-order valence-electron chi connectivity index (χ2n) is 3.91. The number of aromatic amines is 1. The minimum absolute atomic E-state index is 0.429. The van der Waals surface area contributed by atoms with Gasteiger partial charge >= 0.3 is 0 Å². The largest absolute Gasteiger partial charge is 0.378 e. The molecule has 0 bridgehead atoms. The molecule has 0 spiro atoms. The lowest BCUT2D eigenvalue weighted by Crippen LogP contribution is -2.02. The predicted octanol–water partition coefficient (Wildman–Crippen LogP) is 2.92. The molecule has 90 valence electrons. The quantitative estimate of drug-likeness (QED) is 0.861. The minimum atomic E-state index is -0.829. The molecule has 0 radical (unpaired) electrons. The topological polar surface area (TPSA) is 40.7 Å². The molecule has 0 fully saturated rings. The van der Waals surface area contributed by atoms with E-state index in [0.717, 1.165) is 23.1 Å². The molecule has 1 aromatic carbocycles. The maximum atomic E-state index is 13.0. The molecule has 2 N–H and O–H groups in total. The SMILES string of the molecule is Cc1n[nH]c(C)c1NCc1ccc(F)c(F)c1. The molecule has 17 heavy (non-hydrogen) atoms. The van der Waals surface area contributed by atoms with Crippen LogP contribution >= 0.6 is 0 Å². The molecule has 3 nitrogen and oxygen atoms in total. The summed E-state index contributed by atoms with van der Waals surface area (Å²) in [4.78, 5) is 0. The van der Waals surface area contributed by atoms with Gasteiger partial charge < -0.3 is 5.32 Å². The zero-order valence-electron chi connectivity index (χ0n) is 9.64. The highest BCUT2D eigenvalue weighted by molar-refractivity contribution is 5.51. The summed E-state index contributed by atoms with van der Waals surface area (Å²) in [5.41, 5.74) is 3.36. The third-order valence-corrected chi connectivity index (χ3v) is 2.58. The number of aromatic nitrogens is 2. The summed E-state index contributed by atoms with van der Waals surface area (Å²) >= 11 is 0. The van der Waals surface area contributed by atoms with Crippen molar-refractivity contribution in [3.63, 3.8) is 0 Å². The molecule has 0 atom stereocenters. The van der Waals surface area contributed by atoms with Gasteiger partial charge in [-0.3, -0.25) is 5.10 Å². The predicted molar refractivity (Wildman–Crippen MR) is 61.7 cm³/mol. The van der Waals surface area contributed by atoms with Gasteiger partial charge in [0.05, 0.1) is 17.1 Å². The maximum absolute atomic E-state index is 13.0. The average molecular weight is 237 g/mol. The van der Waals surface area contributed by atoms with Gasteiger partial charge in [-0.1, -0.05) is 6.07 Å². The van der Waals surface area contributed by atoms with Crippen LogP contribution < -0.4 is 5.32 Å². The summed E-state index contributed by atoms with van der Waals surface area (Å²) in [5, 5.41) is 10.0. The number of anilines is 1. The number of hydrogen-bond acceptors (Lipinski definition) is 2. The van der Waals surface area contributed by atoms with Crippen molar-refractivity contribution in [2.75, 3.05) is 5.32 Å². The van der Waals surface area contributed by atoms with Gasteiger partial charge in [0.1, 0.15) is 0 Å². The van der Waals surface area contributed by atoms with Gasteiger partial charge in [0, 0.05) is 6.54 Å². The Morgan fingerprint density at radius 3 is 2.59 bits per heavy atom. The fourth-order valence-electron chi connectivity index (χ4n) is 1.65. The molecule has 1 heterocycles. The summed E-state index contributed by atoms with van der Waals surface area (Å²) in [7, 11) is 0. The van der Waals surface area contributed by atoms with Crippen LogP contribution in [0.3, 0.4) is 0 Å². The molecule has 0 aliphatic heterocycles. The van der Waals surface area contributed by atoms with Crippen molar-refractivity contribution in [2.45, 2.75) is 20.4 Å². The zero-order chi connectivity index (χ0) is 12.4. The van der Waals surface area contributed by atoms with Crippen molar-refractivity contribution in [1.29, 1.82) is 0 Å². The molecule has 0 unspecified atom stereocenters. The van der Waals surface area contributed by atoms with E-state index < -0.39 is 11.6 Å². The molecule has 0 aliphatic rings. The van der Waals surface area contributed by atoms with Crippen LogP contribution in [0.1, 0.15) is 17.0 Å². The van der Waals surface area contributed by atoms with Gasteiger partial charge in [-0.2, -0.15) is 5.10 Å². The first-order valence-corrected chi connectivity index (χ1v) is 5.27. The Morgan fingerprint density at radius 1 is 1.24 bits per heavy atom. The summed E-state index contributed by atoms with van der Waals surface area (Å²) in [5.74, 6) is -1.66. The third-order valence-electron chi connectivity index (χ3n) is 2.58. The lowest BCUT2D eigenvalue weighted by atomic mass is 10.2. The Kier molecular flexibility index (Phi) is 3.08. The average Bonchev–Trinajstić information content (AvgIpc) is 2.61. The van der Waals surface area contributed by atoms with Gasteiger partial charge in [0.2, 0.25) is 0 Å². The monoisotopic (exact) mass is 237 g/mol. The highest BCUT2D eigenvalue weighted by Crippen LogP contribution is 2.17. The Bertz CT molecular complexity index is 515. The second kappa shape index (κ2) is 4.53. The van der Waals surface area contributed by atoms with Crippen LogP contribution in [0.25, 0.3) is 0 Å². The van der Waals surface area contributed by atoms with E-state index in [-0.39, 0.29) is 0 Å². The molecule has 0 aliphatic carbocycles. The van der Waals surface area contributed by atoms with Crippen LogP contribution in [0, 0.1) is 25.5 Å². The van der Waals surface area contributed by atoms with Crippen molar-refractivity contribution in [3.8, 4) is 0 Å². The van der Waals surface area contributed by atoms with Crippen LogP contribution in [-0.2, 0) is 6.54 Å². The van der Waals surface area contributed by atoms with E-state index in [0.29, 0.717) is 12.1 Å². The van der Waals surface area contributed by atoms with Crippen molar-refractivity contribution in [1.82, 2.24) is 10.2 Å². The number of nitrogens with one attached hydrogen (secondary N) is 2. The molecule has 0 saturated heterocycles. The second-order valence-corrected chi connectivity index (χ2v) is 3.91. The lowest BCUT2D eigenvalue weighted by Gasteiger charge is -2.06.